The smallest absolute Gasteiger partial charge is 0.410 e. The maximum Gasteiger partial charge on any atom is 0.410 e. The number of fused-ring (bicyclic) bond motifs is 2. The molecule has 2 aliphatic rings. The molecule has 2 aromatic heterocycles. The standard InChI is InChI=1S/C41H48N6O5S/c1-27(2)47-38-42-35(24-37(48)45(38)26-41(47,7)8)34-25-46(53(50,51)32-16-9-28(3)10-17-32)36-18-13-30(23-33(34)36)29-11-14-31(15-12-29)43-19-21-44(22-20-43)39(49)52-40(4,5)6/h9-18,23-25,27H,19-22,26H2,1-8H3. The van der Waals surface area contributed by atoms with Crippen LogP contribution in [0.1, 0.15) is 54.0 Å². The van der Waals surface area contributed by atoms with Crippen LogP contribution in [0.4, 0.5) is 16.4 Å². The van der Waals surface area contributed by atoms with Gasteiger partial charge < -0.3 is 19.4 Å². The van der Waals surface area contributed by atoms with Crippen molar-refractivity contribution < 1.29 is 17.9 Å². The molecule has 1 amide bonds. The minimum absolute atomic E-state index is 0.0904. The van der Waals surface area contributed by atoms with Gasteiger partial charge in [0.05, 0.1) is 28.2 Å². The van der Waals surface area contributed by atoms with Crippen molar-refractivity contribution in [3.05, 3.63) is 94.9 Å². The molecule has 0 aliphatic carbocycles. The topological polar surface area (TPSA) is 110 Å². The number of ether oxygens (including phenoxy) is 1. The van der Waals surface area contributed by atoms with Crippen molar-refractivity contribution in [3.8, 4) is 22.4 Å². The van der Waals surface area contributed by atoms with Crippen LogP contribution in [-0.2, 0) is 21.3 Å². The van der Waals surface area contributed by atoms with E-state index < -0.39 is 15.6 Å². The van der Waals surface area contributed by atoms with Gasteiger partial charge in [0.1, 0.15) is 5.60 Å². The third kappa shape index (κ3) is 6.80. The van der Waals surface area contributed by atoms with E-state index in [1.165, 1.54) is 10.0 Å². The van der Waals surface area contributed by atoms with E-state index in [0.717, 1.165) is 22.4 Å². The first-order chi connectivity index (χ1) is 24.9. The van der Waals surface area contributed by atoms with Gasteiger partial charge in [-0.1, -0.05) is 35.9 Å². The Morgan fingerprint density at radius 2 is 1.53 bits per heavy atom. The lowest BCUT2D eigenvalue weighted by molar-refractivity contribution is 0.0240. The predicted molar refractivity (Wildman–Crippen MR) is 210 cm³/mol. The minimum Gasteiger partial charge on any atom is -0.444 e. The van der Waals surface area contributed by atoms with E-state index >= 15 is 0 Å². The summed E-state index contributed by atoms with van der Waals surface area (Å²) >= 11 is 0. The van der Waals surface area contributed by atoms with E-state index in [1.54, 1.807) is 39.9 Å². The fourth-order valence-electron chi connectivity index (χ4n) is 7.57. The Bertz CT molecular complexity index is 2360. The quantitative estimate of drug-likeness (QED) is 0.181. The largest absolute Gasteiger partial charge is 0.444 e. The normalized spacial score (nSPS) is 16.1. The molecule has 278 valence electrons. The van der Waals surface area contributed by atoms with Crippen LogP contribution in [0.5, 0.6) is 0 Å². The number of benzene rings is 3. The van der Waals surface area contributed by atoms with Gasteiger partial charge in [0.2, 0.25) is 5.95 Å². The van der Waals surface area contributed by atoms with Crippen LogP contribution in [0, 0.1) is 6.92 Å². The summed E-state index contributed by atoms with van der Waals surface area (Å²) < 4.78 is 36.9. The SMILES string of the molecule is Cc1ccc(S(=O)(=O)n2cc(-c3cc(=O)n4c(n3)N(C(C)C)C(C)(C)C4)c3cc(-c4ccc(N5CCN(C(=O)OC(C)(C)C)CC5)cc4)ccc32)cc1. The molecule has 0 N–H and O–H groups in total. The highest BCUT2D eigenvalue weighted by atomic mass is 32.2. The molecule has 0 unspecified atom stereocenters. The molecule has 11 nitrogen and oxygen atoms in total. The molecule has 53 heavy (non-hydrogen) atoms. The molecule has 0 bridgehead atoms. The van der Waals surface area contributed by atoms with Crippen LogP contribution in [0.25, 0.3) is 33.3 Å². The molecule has 7 rings (SSSR count). The number of carbonyl (C=O) groups is 1. The number of aromatic nitrogens is 3. The van der Waals surface area contributed by atoms with E-state index in [9.17, 15) is 18.0 Å². The van der Waals surface area contributed by atoms with Gasteiger partial charge in [-0.15, -0.1) is 0 Å². The zero-order valence-electron chi connectivity index (χ0n) is 31.8. The molecule has 4 heterocycles. The predicted octanol–water partition coefficient (Wildman–Crippen LogP) is 7.14. The van der Waals surface area contributed by atoms with Gasteiger partial charge in [-0.25, -0.2) is 22.2 Å². The number of aryl methyl sites for hydroxylation is 1. The summed E-state index contributed by atoms with van der Waals surface area (Å²) in [6, 6.07) is 22.4. The number of piperazine rings is 1. The van der Waals surface area contributed by atoms with Crippen LogP contribution in [-0.4, -0.2) is 76.3 Å². The third-order valence-corrected chi connectivity index (χ3v) is 11.7. The fourth-order valence-corrected chi connectivity index (χ4v) is 8.94. The first-order valence-electron chi connectivity index (χ1n) is 18.2. The Morgan fingerprint density at radius 1 is 0.887 bits per heavy atom. The zero-order valence-corrected chi connectivity index (χ0v) is 32.6. The van der Waals surface area contributed by atoms with Crippen molar-refractivity contribution in [2.75, 3.05) is 36.0 Å². The number of nitrogens with zero attached hydrogens (tertiary/aromatic N) is 6. The van der Waals surface area contributed by atoms with Crippen LogP contribution >= 0.6 is 0 Å². The van der Waals surface area contributed by atoms with Crippen LogP contribution < -0.4 is 15.4 Å². The number of carbonyl (C=O) groups excluding carboxylic acids is 1. The molecule has 0 spiro atoms. The van der Waals surface area contributed by atoms with Gasteiger partial charge in [-0.3, -0.25) is 9.36 Å². The molecule has 12 heteroatoms. The van der Waals surface area contributed by atoms with Crippen molar-refractivity contribution in [1.82, 2.24) is 18.4 Å². The number of amides is 1. The Balaban J connectivity index is 1.27. The van der Waals surface area contributed by atoms with Gasteiger partial charge in [-0.2, -0.15) is 0 Å². The third-order valence-electron chi connectivity index (χ3n) is 10.0. The van der Waals surface area contributed by atoms with Gasteiger partial charge in [0, 0.05) is 61.1 Å². The molecular weight excluding hydrogens is 689 g/mol. The second-order valence-corrected chi connectivity index (χ2v) is 17.8. The minimum atomic E-state index is -3.99. The summed E-state index contributed by atoms with van der Waals surface area (Å²) in [5.41, 5.74) is 4.31. The first kappa shape index (κ1) is 36.3. The summed E-state index contributed by atoms with van der Waals surface area (Å²) in [5, 5.41) is 0.672. The van der Waals surface area contributed by atoms with Crippen molar-refractivity contribution >= 4 is 38.7 Å². The average Bonchev–Trinajstić information content (AvgIpc) is 3.62. The lowest BCUT2D eigenvalue weighted by Gasteiger charge is -2.36. The lowest BCUT2D eigenvalue weighted by atomic mass is 10.0. The van der Waals surface area contributed by atoms with Gasteiger partial charge in [0.15, 0.2) is 0 Å². The highest BCUT2D eigenvalue weighted by molar-refractivity contribution is 7.90. The van der Waals surface area contributed by atoms with Crippen LogP contribution in [0.2, 0.25) is 0 Å². The fraction of sp³-hybridized carbons (Fsp3) is 0.390. The molecule has 0 atom stereocenters. The van der Waals surface area contributed by atoms with Crippen molar-refractivity contribution in [2.24, 2.45) is 0 Å². The molecule has 2 aliphatic heterocycles. The van der Waals surface area contributed by atoms with Crippen molar-refractivity contribution in [1.29, 1.82) is 0 Å². The molecule has 5 aromatic rings. The second-order valence-electron chi connectivity index (χ2n) is 16.0. The Kier molecular flexibility index (Phi) is 8.95. The number of anilines is 2. The van der Waals surface area contributed by atoms with E-state index in [-0.39, 0.29) is 28.1 Å². The maximum atomic E-state index is 14.2. The summed E-state index contributed by atoms with van der Waals surface area (Å²) in [6.07, 6.45) is 1.31. The second kappa shape index (κ2) is 13.1. The Hall–Kier alpha value is -5.10. The first-order valence-corrected chi connectivity index (χ1v) is 19.6. The van der Waals surface area contributed by atoms with Crippen LogP contribution in [0.3, 0.4) is 0 Å². The molecule has 3 aromatic carbocycles. The molecule has 0 radical (unpaired) electrons. The van der Waals surface area contributed by atoms with Crippen LogP contribution in [0.15, 0.2) is 88.7 Å². The van der Waals surface area contributed by atoms with Gasteiger partial charge >= 0.3 is 6.09 Å². The summed E-state index contributed by atoms with van der Waals surface area (Å²) in [6.45, 7) is 18.9. The van der Waals surface area contributed by atoms with Crippen molar-refractivity contribution in [2.45, 2.75) is 84.0 Å². The molecule has 1 saturated heterocycles. The van der Waals surface area contributed by atoms with Gasteiger partial charge in [-0.05, 0) is 103 Å². The summed E-state index contributed by atoms with van der Waals surface area (Å²) in [4.78, 5) is 37.6. The highest BCUT2D eigenvalue weighted by Gasteiger charge is 2.40. The zero-order chi connectivity index (χ0) is 38.0. The number of hydrogen-bond donors (Lipinski definition) is 0. The van der Waals surface area contributed by atoms with Gasteiger partial charge in [0.25, 0.3) is 15.6 Å². The average molecular weight is 737 g/mol. The van der Waals surface area contributed by atoms with Crippen molar-refractivity contribution in [3.63, 3.8) is 0 Å². The highest BCUT2D eigenvalue weighted by Crippen LogP contribution is 2.38. The maximum absolute atomic E-state index is 14.2. The number of rotatable bonds is 6. The summed E-state index contributed by atoms with van der Waals surface area (Å²) in [7, 11) is -3.99. The van der Waals surface area contributed by atoms with E-state index in [4.69, 9.17) is 9.72 Å². The van der Waals surface area contributed by atoms with E-state index in [2.05, 4.69) is 61.8 Å². The van der Waals surface area contributed by atoms with E-state index in [0.29, 0.717) is 60.8 Å². The number of hydrogen-bond acceptors (Lipinski definition) is 8. The Morgan fingerprint density at radius 3 is 2.15 bits per heavy atom. The summed E-state index contributed by atoms with van der Waals surface area (Å²) in [5.74, 6) is 0.577. The molecule has 0 saturated carbocycles. The monoisotopic (exact) mass is 736 g/mol. The molecule has 1 fully saturated rings. The Labute approximate surface area is 311 Å². The molecular formula is C41H48N6O5S. The van der Waals surface area contributed by atoms with E-state index in [1.807, 2.05) is 45.9 Å². The lowest BCUT2D eigenvalue weighted by Crippen LogP contribution is -2.50.